The molecule has 1 aliphatic heterocycles. The number of rotatable bonds is 8. The zero-order chi connectivity index (χ0) is 23.2. The third-order valence-corrected chi connectivity index (χ3v) is 6.67. The zero-order valence-corrected chi connectivity index (χ0v) is 21.2. The number of benzene rings is 3. The van der Waals surface area contributed by atoms with Gasteiger partial charge in [-0.25, -0.2) is 0 Å². The molecule has 174 valence electrons. The number of halogens is 2. The Kier molecular flexibility index (Phi) is 8.02. The number of methoxy groups -OCH3 is 1. The van der Waals surface area contributed by atoms with Gasteiger partial charge in [-0.1, -0.05) is 57.4 Å². The van der Waals surface area contributed by atoms with Crippen LogP contribution in [0.5, 0.6) is 11.5 Å². The molecule has 3 aromatic rings. The Morgan fingerprint density at radius 2 is 1.79 bits per heavy atom. The average molecular weight is 532 g/mol. The molecule has 0 bridgehead atoms. The number of anilines is 2. The number of morpholine rings is 1. The molecule has 0 atom stereocenters. The number of hydrogen-bond donors (Lipinski definition) is 1. The highest BCUT2D eigenvalue weighted by molar-refractivity contribution is 9.10. The summed E-state index contributed by atoms with van der Waals surface area (Å²) in [7, 11) is 1.66. The lowest BCUT2D eigenvalue weighted by molar-refractivity contribution is 0.122. The van der Waals surface area contributed by atoms with Crippen LogP contribution in [0.4, 0.5) is 11.4 Å². The Morgan fingerprint density at radius 3 is 2.48 bits per heavy atom. The van der Waals surface area contributed by atoms with E-state index in [1.54, 1.807) is 7.11 Å². The molecule has 7 heteroatoms. The van der Waals surface area contributed by atoms with Gasteiger partial charge in [0, 0.05) is 29.8 Å². The fourth-order valence-electron chi connectivity index (χ4n) is 3.71. The molecule has 1 saturated heterocycles. The highest BCUT2D eigenvalue weighted by Crippen LogP contribution is 2.35. The summed E-state index contributed by atoms with van der Waals surface area (Å²) >= 11 is 10.2. The molecule has 1 aliphatic rings. The van der Waals surface area contributed by atoms with Gasteiger partial charge in [0.15, 0.2) is 11.5 Å². The summed E-state index contributed by atoms with van der Waals surface area (Å²) in [6.45, 7) is 6.35. The molecule has 33 heavy (non-hydrogen) atoms. The first kappa shape index (κ1) is 23.7. The van der Waals surface area contributed by atoms with Crippen LogP contribution in [0.3, 0.4) is 0 Å². The van der Waals surface area contributed by atoms with E-state index in [2.05, 4.69) is 69.5 Å². The van der Waals surface area contributed by atoms with Crippen LogP contribution in [0.25, 0.3) is 0 Å². The predicted molar refractivity (Wildman–Crippen MR) is 138 cm³/mol. The molecule has 0 spiro atoms. The van der Waals surface area contributed by atoms with E-state index in [0.717, 1.165) is 58.3 Å². The molecule has 4 rings (SSSR count). The van der Waals surface area contributed by atoms with Gasteiger partial charge >= 0.3 is 0 Å². The van der Waals surface area contributed by atoms with Crippen LogP contribution in [0, 0.1) is 6.92 Å². The van der Waals surface area contributed by atoms with Crippen LogP contribution in [-0.2, 0) is 17.9 Å². The smallest absolute Gasteiger partial charge is 0.162 e. The normalized spacial score (nSPS) is 13.6. The van der Waals surface area contributed by atoms with Crippen LogP contribution in [0.1, 0.15) is 16.7 Å². The van der Waals surface area contributed by atoms with Crippen molar-refractivity contribution < 1.29 is 14.2 Å². The van der Waals surface area contributed by atoms with Gasteiger partial charge in [0.25, 0.3) is 0 Å². The van der Waals surface area contributed by atoms with E-state index in [1.165, 1.54) is 5.56 Å². The Labute approximate surface area is 208 Å². The molecule has 5 nitrogen and oxygen atoms in total. The van der Waals surface area contributed by atoms with E-state index >= 15 is 0 Å². The molecule has 0 aliphatic carbocycles. The van der Waals surface area contributed by atoms with Crippen LogP contribution < -0.4 is 19.7 Å². The van der Waals surface area contributed by atoms with Crippen molar-refractivity contribution in [3.8, 4) is 11.5 Å². The minimum absolute atomic E-state index is 0.481. The number of nitrogens with one attached hydrogen (secondary N) is 1. The molecular formula is C26H28BrClN2O3. The van der Waals surface area contributed by atoms with E-state index in [4.69, 9.17) is 25.8 Å². The van der Waals surface area contributed by atoms with Gasteiger partial charge in [-0.3, -0.25) is 0 Å². The van der Waals surface area contributed by atoms with E-state index in [-0.39, 0.29) is 0 Å². The molecule has 1 N–H and O–H groups in total. The quantitative estimate of drug-likeness (QED) is 0.362. The number of ether oxygens (including phenoxy) is 3. The second kappa shape index (κ2) is 11.1. The average Bonchev–Trinajstić information content (AvgIpc) is 2.83. The Hall–Kier alpha value is -2.41. The summed E-state index contributed by atoms with van der Waals surface area (Å²) in [6, 6.07) is 18.4. The Morgan fingerprint density at radius 1 is 1.03 bits per heavy atom. The van der Waals surface area contributed by atoms with Crippen molar-refractivity contribution in [1.82, 2.24) is 0 Å². The van der Waals surface area contributed by atoms with Crippen molar-refractivity contribution in [3.63, 3.8) is 0 Å². The lowest BCUT2D eigenvalue weighted by Crippen LogP contribution is -2.36. The van der Waals surface area contributed by atoms with E-state index in [0.29, 0.717) is 24.7 Å². The first-order chi connectivity index (χ1) is 16.0. The molecule has 0 radical (unpaired) electrons. The van der Waals surface area contributed by atoms with Crippen molar-refractivity contribution in [2.45, 2.75) is 20.1 Å². The summed E-state index contributed by atoms with van der Waals surface area (Å²) < 4.78 is 18.0. The van der Waals surface area contributed by atoms with Gasteiger partial charge in [-0.15, -0.1) is 0 Å². The molecule has 1 heterocycles. The third-order valence-electron chi connectivity index (χ3n) is 5.63. The maximum Gasteiger partial charge on any atom is 0.162 e. The van der Waals surface area contributed by atoms with Crippen molar-refractivity contribution in [2.24, 2.45) is 0 Å². The zero-order valence-electron chi connectivity index (χ0n) is 18.9. The Balaban J connectivity index is 1.41. The highest BCUT2D eigenvalue weighted by atomic mass is 79.9. The van der Waals surface area contributed by atoms with Crippen LogP contribution >= 0.6 is 27.5 Å². The van der Waals surface area contributed by atoms with Crippen molar-refractivity contribution in [3.05, 3.63) is 80.8 Å². The Bertz CT molecular complexity index is 1090. The van der Waals surface area contributed by atoms with Gasteiger partial charge in [-0.05, 0) is 48.4 Å². The molecule has 0 saturated carbocycles. The third kappa shape index (κ3) is 6.14. The molecule has 0 aromatic heterocycles. The first-order valence-corrected chi connectivity index (χ1v) is 12.1. The fraction of sp³-hybridized carbons (Fsp3) is 0.308. The lowest BCUT2D eigenvalue weighted by atomic mass is 10.1. The van der Waals surface area contributed by atoms with Crippen LogP contribution in [-0.4, -0.2) is 33.4 Å². The maximum atomic E-state index is 6.57. The second-order valence-electron chi connectivity index (χ2n) is 7.99. The van der Waals surface area contributed by atoms with E-state index < -0.39 is 0 Å². The van der Waals surface area contributed by atoms with Crippen molar-refractivity contribution in [1.29, 1.82) is 0 Å². The van der Waals surface area contributed by atoms with Gasteiger partial charge in [0.05, 0.1) is 31.0 Å². The van der Waals surface area contributed by atoms with Gasteiger partial charge < -0.3 is 24.4 Å². The molecule has 3 aromatic carbocycles. The SMILES string of the molecule is COc1cc(CNc2ccc(N3CCOCC3)c(Cl)c2)c(Br)cc1OCc1ccc(C)cc1. The van der Waals surface area contributed by atoms with Gasteiger partial charge in [-0.2, -0.15) is 0 Å². The van der Waals surface area contributed by atoms with E-state index in [9.17, 15) is 0 Å². The number of nitrogens with zero attached hydrogens (tertiary/aromatic N) is 1. The number of hydrogen-bond acceptors (Lipinski definition) is 5. The summed E-state index contributed by atoms with van der Waals surface area (Å²) in [5.74, 6) is 1.40. The lowest BCUT2D eigenvalue weighted by Gasteiger charge is -2.29. The highest BCUT2D eigenvalue weighted by Gasteiger charge is 2.15. The van der Waals surface area contributed by atoms with Gasteiger partial charge in [0.1, 0.15) is 6.61 Å². The largest absolute Gasteiger partial charge is 0.493 e. The molecular weight excluding hydrogens is 504 g/mol. The molecule has 0 amide bonds. The monoisotopic (exact) mass is 530 g/mol. The molecule has 0 unspecified atom stereocenters. The fourth-order valence-corrected chi connectivity index (χ4v) is 4.47. The van der Waals surface area contributed by atoms with Crippen molar-refractivity contribution in [2.75, 3.05) is 43.6 Å². The standard InChI is InChI=1S/C26H28BrClN2O3/c1-18-3-5-19(6-4-18)17-33-26-15-22(27)20(13-25(26)31-2)16-29-21-7-8-24(23(28)14-21)30-9-11-32-12-10-30/h3-8,13-15,29H,9-12,16-17H2,1-2H3. The van der Waals surface area contributed by atoms with Crippen LogP contribution in [0.15, 0.2) is 59.1 Å². The minimum atomic E-state index is 0.481. The van der Waals surface area contributed by atoms with Crippen LogP contribution in [0.2, 0.25) is 5.02 Å². The number of aryl methyl sites for hydroxylation is 1. The van der Waals surface area contributed by atoms with E-state index in [1.807, 2.05) is 18.2 Å². The first-order valence-electron chi connectivity index (χ1n) is 10.9. The molecule has 1 fully saturated rings. The predicted octanol–water partition coefficient (Wildman–Crippen LogP) is 6.45. The summed E-state index contributed by atoms with van der Waals surface area (Å²) in [4.78, 5) is 2.26. The summed E-state index contributed by atoms with van der Waals surface area (Å²) in [6.07, 6.45) is 0. The maximum absolute atomic E-state index is 6.57. The van der Waals surface area contributed by atoms with Crippen molar-refractivity contribution >= 4 is 38.9 Å². The second-order valence-corrected chi connectivity index (χ2v) is 9.25. The topological polar surface area (TPSA) is 43.0 Å². The summed E-state index contributed by atoms with van der Waals surface area (Å²) in [5, 5.41) is 4.19. The minimum Gasteiger partial charge on any atom is -0.493 e. The summed E-state index contributed by atoms with van der Waals surface area (Å²) in [5.41, 5.74) is 5.41. The van der Waals surface area contributed by atoms with Gasteiger partial charge in [0.2, 0.25) is 0 Å².